The summed E-state index contributed by atoms with van der Waals surface area (Å²) in [6, 6.07) is 9.62. The maximum atomic E-state index is 11.3. The lowest BCUT2D eigenvalue weighted by atomic mass is 10.2. The fourth-order valence-electron chi connectivity index (χ4n) is 2.50. The van der Waals surface area contributed by atoms with E-state index in [1.165, 1.54) is 11.3 Å². The van der Waals surface area contributed by atoms with E-state index in [0.717, 1.165) is 27.3 Å². The first-order valence-corrected chi connectivity index (χ1v) is 8.46. The molecular formula is C17H14N6OS. The quantitative estimate of drug-likeness (QED) is 0.513. The van der Waals surface area contributed by atoms with E-state index in [-0.39, 0.29) is 5.69 Å². The van der Waals surface area contributed by atoms with Crippen molar-refractivity contribution in [3.05, 3.63) is 59.5 Å². The van der Waals surface area contributed by atoms with Crippen molar-refractivity contribution in [1.82, 2.24) is 19.9 Å². The highest BCUT2D eigenvalue weighted by atomic mass is 32.1. The van der Waals surface area contributed by atoms with E-state index < -0.39 is 5.91 Å². The number of nitrogens with two attached hydrogens (primary N) is 1. The number of H-pyrrole nitrogens is 1. The second-order valence-corrected chi connectivity index (χ2v) is 6.23. The number of thiazole rings is 1. The zero-order valence-corrected chi connectivity index (χ0v) is 13.9. The van der Waals surface area contributed by atoms with Crippen LogP contribution in [0.1, 0.15) is 16.2 Å². The number of nitrogens with zero attached hydrogens (tertiary/aromatic N) is 3. The summed E-state index contributed by atoms with van der Waals surface area (Å²) >= 11 is 1.38. The fraction of sp³-hybridized carbons (Fsp3) is 0.0588. The summed E-state index contributed by atoms with van der Waals surface area (Å²) in [5, 5.41) is 6.60. The molecule has 8 heteroatoms. The minimum Gasteiger partial charge on any atom is -0.364 e. The van der Waals surface area contributed by atoms with Gasteiger partial charge in [-0.1, -0.05) is 6.07 Å². The third-order valence-corrected chi connectivity index (χ3v) is 4.57. The molecule has 0 spiro atoms. The topological polar surface area (TPSA) is 110 Å². The number of nitrogens with one attached hydrogen (secondary N) is 2. The van der Waals surface area contributed by atoms with Gasteiger partial charge in [-0.2, -0.15) is 0 Å². The molecule has 4 aromatic rings. The average molecular weight is 350 g/mol. The lowest BCUT2D eigenvalue weighted by Crippen LogP contribution is -2.11. The van der Waals surface area contributed by atoms with Gasteiger partial charge in [0, 0.05) is 28.7 Å². The molecule has 0 aliphatic carbocycles. The molecule has 0 aromatic carbocycles. The van der Waals surface area contributed by atoms with Gasteiger partial charge in [-0.05, 0) is 24.3 Å². The number of hydrogen-bond donors (Lipinski definition) is 3. The van der Waals surface area contributed by atoms with Gasteiger partial charge in [0.05, 0.1) is 12.2 Å². The zero-order chi connectivity index (χ0) is 17.2. The van der Waals surface area contributed by atoms with Gasteiger partial charge in [0.2, 0.25) is 0 Å². The van der Waals surface area contributed by atoms with E-state index in [9.17, 15) is 4.79 Å². The third-order valence-electron chi connectivity index (χ3n) is 3.69. The summed E-state index contributed by atoms with van der Waals surface area (Å²) in [6.07, 6.45) is 3.58. The number of aromatic nitrogens is 4. The normalized spacial score (nSPS) is 10.9. The van der Waals surface area contributed by atoms with Gasteiger partial charge >= 0.3 is 0 Å². The highest BCUT2D eigenvalue weighted by Gasteiger charge is 2.14. The number of primary amides is 1. The Morgan fingerprint density at radius 3 is 2.96 bits per heavy atom. The van der Waals surface area contributed by atoms with E-state index in [1.54, 1.807) is 11.6 Å². The number of amides is 1. The average Bonchev–Trinajstić information content (AvgIpc) is 3.29. The highest BCUT2D eigenvalue weighted by Crippen LogP contribution is 2.32. The van der Waals surface area contributed by atoms with E-state index in [4.69, 9.17) is 5.73 Å². The van der Waals surface area contributed by atoms with Crippen LogP contribution in [-0.4, -0.2) is 25.8 Å². The predicted octanol–water partition coefficient (Wildman–Crippen LogP) is 2.79. The molecule has 0 atom stereocenters. The van der Waals surface area contributed by atoms with Crippen LogP contribution in [0.15, 0.2) is 48.1 Å². The van der Waals surface area contributed by atoms with Crippen LogP contribution in [0.5, 0.6) is 0 Å². The van der Waals surface area contributed by atoms with Gasteiger partial charge in [-0.25, -0.2) is 9.97 Å². The monoisotopic (exact) mass is 350 g/mol. The Balaban J connectivity index is 1.70. The Kier molecular flexibility index (Phi) is 3.87. The van der Waals surface area contributed by atoms with E-state index in [2.05, 4.69) is 25.3 Å². The molecule has 0 bridgehead atoms. The van der Waals surface area contributed by atoms with E-state index in [1.807, 2.05) is 36.5 Å². The van der Waals surface area contributed by atoms with Gasteiger partial charge < -0.3 is 16.0 Å². The molecule has 7 nitrogen and oxygen atoms in total. The van der Waals surface area contributed by atoms with Gasteiger partial charge in [0.15, 0.2) is 0 Å². The maximum Gasteiger partial charge on any atom is 0.268 e. The molecule has 0 radical (unpaired) electrons. The van der Waals surface area contributed by atoms with Crippen LogP contribution >= 0.6 is 11.3 Å². The Labute approximate surface area is 147 Å². The molecule has 4 aromatic heterocycles. The standard InChI is InChI=1S/C17H14N6OS/c18-15(24)13-9-25-17(22-13)12-7-14(23-16-11(12)4-6-20-16)21-8-10-3-1-2-5-19-10/h1-7,9H,8H2,(H2,18,24)(H2,20,21,23). The molecule has 4 heterocycles. The second kappa shape index (κ2) is 6.33. The summed E-state index contributed by atoms with van der Waals surface area (Å²) in [5.41, 5.74) is 8.14. The number of fused-ring (bicyclic) bond motifs is 1. The molecule has 0 saturated heterocycles. The van der Waals surface area contributed by atoms with Crippen LogP contribution in [0.25, 0.3) is 21.6 Å². The van der Waals surface area contributed by atoms with Crippen molar-refractivity contribution >= 4 is 34.1 Å². The third kappa shape index (κ3) is 3.07. The number of carbonyl (C=O) groups excluding carboxylic acids is 1. The first kappa shape index (κ1) is 15.3. The zero-order valence-electron chi connectivity index (χ0n) is 13.1. The number of hydrogen-bond acceptors (Lipinski definition) is 6. The van der Waals surface area contributed by atoms with Crippen molar-refractivity contribution in [3.63, 3.8) is 0 Å². The summed E-state index contributed by atoms with van der Waals surface area (Å²) in [6.45, 7) is 0.559. The van der Waals surface area contributed by atoms with Gasteiger partial charge in [-0.15, -0.1) is 11.3 Å². The molecule has 0 aliphatic heterocycles. The first-order chi connectivity index (χ1) is 12.2. The summed E-state index contributed by atoms with van der Waals surface area (Å²) < 4.78 is 0. The Morgan fingerprint density at radius 2 is 2.20 bits per heavy atom. The number of carbonyl (C=O) groups is 1. The summed E-state index contributed by atoms with van der Waals surface area (Å²) in [4.78, 5) is 27.6. The minimum absolute atomic E-state index is 0.267. The highest BCUT2D eigenvalue weighted by molar-refractivity contribution is 7.13. The van der Waals surface area contributed by atoms with Crippen LogP contribution in [-0.2, 0) is 6.54 Å². The molecule has 0 unspecified atom stereocenters. The SMILES string of the molecule is NC(=O)c1csc(-c2cc(NCc3ccccn3)nc3[nH]ccc23)n1. The van der Waals surface area contributed by atoms with Crippen LogP contribution in [0, 0.1) is 0 Å². The van der Waals surface area contributed by atoms with Crippen LogP contribution in [0.3, 0.4) is 0 Å². The van der Waals surface area contributed by atoms with Crippen molar-refractivity contribution in [2.45, 2.75) is 6.54 Å². The molecule has 1 amide bonds. The van der Waals surface area contributed by atoms with E-state index in [0.29, 0.717) is 12.4 Å². The molecule has 0 fully saturated rings. The molecule has 0 saturated carbocycles. The second-order valence-electron chi connectivity index (χ2n) is 5.37. The van der Waals surface area contributed by atoms with Crippen molar-refractivity contribution in [1.29, 1.82) is 0 Å². The first-order valence-electron chi connectivity index (χ1n) is 7.58. The Hall–Kier alpha value is -3.26. The number of rotatable bonds is 5. The smallest absolute Gasteiger partial charge is 0.268 e. The van der Waals surface area contributed by atoms with Crippen LogP contribution < -0.4 is 11.1 Å². The molecule has 4 N–H and O–H groups in total. The number of anilines is 1. The largest absolute Gasteiger partial charge is 0.364 e. The molecule has 25 heavy (non-hydrogen) atoms. The Morgan fingerprint density at radius 1 is 1.28 bits per heavy atom. The summed E-state index contributed by atoms with van der Waals surface area (Å²) in [7, 11) is 0. The number of pyridine rings is 2. The Bertz CT molecular complexity index is 1040. The van der Waals surface area contributed by atoms with Crippen LogP contribution in [0.4, 0.5) is 5.82 Å². The van der Waals surface area contributed by atoms with Gasteiger partial charge in [-0.3, -0.25) is 9.78 Å². The molecular weight excluding hydrogens is 336 g/mol. The van der Waals surface area contributed by atoms with Crippen molar-refractivity contribution in [3.8, 4) is 10.6 Å². The number of aromatic amines is 1. The fourth-order valence-corrected chi connectivity index (χ4v) is 3.34. The van der Waals surface area contributed by atoms with Gasteiger partial charge in [0.1, 0.15) is 22.2 Å². The molecule has 0 aliphatic rings. The summed E-state index contributed by atoms with van der Waals surface area (Å²) in [5.74, 6) is 0.168. The van der Waals surface area contributed by atoms with Crippen molar-refractivity contribution in [2.24, 2.45) is 5.73 Å². The van der Waals surface area contributed by atoms with Crippen molar-refractivity contribution < 1.29 is 4.79 Å². The molecule has 124 valence electrons. The lowest BCUT2D eigenvalue weighted by molar-refractivity contribution is 0.0996. The minimum atomic E-state index is -0.532. The lowest BCUT2D eigenvalue weighted by Gasteiger charge is -2.08. The molecule has 4 rings (SSSR count). The maximum absolute atomic E-state index is 11.3. The van der Waals surface area contributed by atoms with Crippen LogP contribution in [0.2, 0.25) is 0 Å². The van der Waals surface area contributed by atoms with E-state index >= 15 is 0 Å². The van der Waals surface area contributed by atoms with Gasteiger partial charge in [0.25, 0.3) is 5.91 Å². The van der Waals surface area contributed by atoms with Crippen molar-refractivity contribution in [2.75, 3.05) is 5.32 Å². The predicted molar refractivity (Wildman–Crippen MR) is 97.3 cm³/mol.